The van der Waals surface area contributed by atoms with Gasteiger partial charge < -0.3 is 4.52 Å². The molecule has 0 atom stereocenters. The van der Waals surface area contributed by atoms with Crippen LogP contribution in [-0.2, 0) is 22.0 Å². The first-order valence-electron chi connectivity index (χ1n) is 8.58. The SMILES string of the molecule is CC(C)(C)c1noc(CN2CCN(S(=O)(=O)c3cc(Cl)ccc3Cl)CC2)n1. The van der Waals surface area contributed by atoms with Crippen LogP contribution in [0.4, 0.5) is 0 Å². The molecule has 2 heterocycles. The van der Waals surface area contributed by atoms with Gasteiger partial charge in [0, 0.05) is 36.6 Å². The maximum Gasteiger partial charge on any atom is 0.244 e. The summed E-state index contributed by atoms with van der Waals surface area (Å²) in [5, 5.41) is 4.52. The maximum atomic E-state index is 12.9. The van der Waals surface area contributed by atoms with Crippen LogP contribution in [-0.4, -0.2) is 53.9 Å². The molecular weight excluding hydrogens is 411 g/mol. The predicted octanol–water partition coefficient (Wildman–Crippen LogP) is 3.18. The van der Waals surface area contributed by atoms with E-state index in [1.54, 1.807) is 6.07 Å². The molecule has 0 radical (unpaired) electrons. The molecule has 7 nitrogen and oxygen atoms in total. The molecule has 0 aliphatic carbocycles. The predicted molar refractivity (Wildman–Crippen MR) is 103 cm³/mol. The van der Waals surface area contributed by atoms with Crippen LogP contribution >= 0.6 is 23.2 Å². The van der Waals surface area contributed by atoms with E-state index in [0.29, 0.717) is 49.5 Å². The molecule has 1 aromatic carbocycles. The second-order valence-electron chi connectivity index (χ2n) is 7.52. The van der Waals surface area contributed by atoms with Gasteiger partial charge in [-0.2, -0.15) is 9.29 Å². The number of nitrogens with zero attached hydrogens (tertiary/aromatic N) is 4. The summed E-state index contributed by atoms with van der Waals surface area (Å²) in [6.45, 7) is 8.38. The van der Waals surface area contributed by atoms with E-state index in [0.717, 1.165) is 0 Å². The molecule has 1 aliphatic heterocycles. The second kappa shape index (κ2) is 7.67. The van der Waals surface area contributed by atoms with E-state index in [1.807, 2.05) is 20.8 Å². The fraction of sp³-hybridized carbons (Fsp3) is 0.529. The number of hydrogen-bond acceptors (Lipinski definition) is 6. The first-order chi connectivity index (χ1) is 12.6. The Bertz CT molecular complexity index is 917. The third-order valence-electron chi connectivity index (χ3n) is 4.34. The molecule has 27 heavy (non-hydrogen) atoms. The summed E-state index contributed by atoms with van der Waals surface area (Å²) in [6, 6.07) is 4.45. The van der Waals surface area contributed by atoms with E-state index >= 15 is 0 Å². The smallest absolute Gasteiger partial charge is 0.244 e. The van der Waals surface area contributed by atoms with E-state index in [9.17, 15) is 8.42 Å². The average Bonchev–Trinajstić information content (AvgIpc) is 3.06. The van der Waals surface area contributed by atoms with Crippen molar-refractivity contribution in [1.82, 2.24) is 19.3 Å². The molecule has 1 saturated heterocycles. The Morgan fingerprint density at radius 1 is 1.15 bits per heavy atom. The Labute approximate surface area is 169 Å². The number of rotatable bonds is 4. The molecule has 0 amide bonds. The number of aromatic nitrogens is 2. The summed E-state index contributed by atoms with van der Waals surface area (Å²) in [5.41, 5.74) is -0.176. The van der Waals surface area contributed by atoms with Gasteiger partial charge in [0.1, 0.15) is 4.90 Å². The van der Waals surface area contributed by atoms with E-state index < -0.39 is 10.0 Å². The van der Waals surface area contributed by atoms with E-state index in [-0.39, 0.29) is 15.3 Å². The quantitative estimate of drug-likeness (QED) is 0.737. The van der Waals surface area contributed by atoms with Gasteiger partial charge in [0.15, 0.2) is 5.82 Å². The lowest BCUT2D eigenvalue weighted by molar-refractivity contribution is 0.163. The van der Waals surface area contributed by atoms with Gasteiger partial charge in [0.2, 0.25) is 15.9 Å². The van der Waals surface area contributed by atoms with Crippen molar-refractivity contribution >= 4 is 33.2 Å². The molecule has 3 rings (SSSR count). The minimum absolute atomic E-state index is 0.0387. The highest BCUT2D eigenvalue weighted by Gasteiger charge is 2.31. The standard InChI is InChI=1S/C17H22Cl2N4O3S/c1-17(2,3)16-20-15(26-21-16)11-22-6-8-23(9-7-22)27(24,25)14-10-12(18)4-5-13(14)19/h4-5,10H,6-9,11H2,1-3H3. The Hall–Kier alpha value is -1.19. The van der Waals surface area contributed by atoms with Gasteiger partial charge in [-0.1, -0.05) is 49.1 Å². The zero-order chi connectivity index (χ0) is 19.8. The number of halogens is 2. The van der Waals surface area contributed by atoms with Crippen LogP contribution in [0, 0.1) is 0 Å². The van der Waals surface area contributed by atoms with Crippen LogP contribution in [0.25, 0.3) is 0 Å². The molecule has 1 aromatic heterocycles. The zero-order valence-electron chi connectivity index (χ0n) is 15.4. The Kier molecular flexibility index (Phi) is 5.84. The normalized spacial score (nSPS) is 17.4. The molecule has 0 bridgehead atoms. The van der Waals surface area contributed by atoms with Gasteiger partial charge in [-0.3, -0.25) is 4.90 Å². The number of sulfonamides is 1. The molecule has 0 spiro atoms. The Morgan fingerprint density at radius 3 is 2.41 bits per heavy atom. The molecule has 10 heteroatoms. The molecule has 0 unspecified atom stereocenters. The summed E-state index contributed by atoms with van der Waals surface area (Å²) in [5.74, 6) is 1.20. The largest absolute Gasteiger partial charge is 0.338 e. The molecule has 0 saturated carbocycles. The summed E-state index contributed by atoms with van der Waals surface area (Å²) >= 11 is 12.0. The highest BCUT2D eigenvalue weighted by atomic mass is 35.5. The second-order valence-corrected chi connectivity index (χ2v) is 10.3. The molecule has 1 aliphatic rings. The molecule has 2 aromatic rings. The average molecular weight is 433 g/mol. The third-order valence-corrected chi connectivity index (χ3v) is 6.96. The van der Waals surface area contributed by atoms with Crippen molar-refractivity contribution in [1.29, 1.82) is 0 Å². The van der Waals surface area contributed by atoms with Crippen LogP contribution in [0.15, 0.2) is 27.6 Å². The van der Waals surface area contributed by atoms with E-state index in [4.69, 9.17) is 27.7 Å². The van der Waals surface area contributed by atoms with Crippen molar-refractivity contribution in [2.24, 2.45) is 0 Å². The minimum Gasteiger partial charge on any atom is -0.338 e. The van der Waals surface area contributed by atoms with Crippen molar-refractivity contribution in [2.45, 2.75) is 37.6 Å². The van der Waals surface area contributed by atoms with Crippen LogP contribution in [0.2, 0.25) is 10.0 Å². The van der Waals surface area contributed by atoms with Crippen molar-refractivity contribution in [3.63, 3.8) is 0 Å². The molecule has 148 valence electrons. The van der Waals surface area contributed by atoms with Gasteiger partial charge in [-0.05, 0) is 18.2 Å². The van der Waals surface area contributed by atoms with Crippen LogP contribution in [0.5, 0.6) is 0 Å². The van der Waals surface area contributed by atoms with Crippen LogP contribution < -0.4 is 0 Å². The lowest BCUT2D eigenvalue weighted by Gasteiger charge is -2.33. The highest BCUT2D eigenvalue weighted by molar-refractivity contribution is 7.89. The summed E-state index contributed by atoms with van der Waals surface area (Å²) < 4.78 is 32.5. The lowest BCUT2D eigenvalue weighted by Crippen LogP contribution is -2.48. The third kappa shape index (κ3) is 4.63. The first kappa shape index (κ1) is 20.5. The molecular formula is C17H22Cl2N4O3S. The van der Waals surface area contributed by atoms with Crippen molar-refractivity contribution in [3.05, 3.63) is 40.0 Å². The zero-order valence-corrected chi connectivity index (χ0v) is 17.8. The van der Waals surface area contributed by atoms with Gasteiger partial charge >= 0.3 is 0 Å². The summed E-state index contributed by atoms with van der Waals surface area (Å²) in [7, 11) is -3.69. The topological polar surface area (TPSA) is 79.5 Å². The Morgan fingerprint density at radius 2 is 1.81 bits per heavy atom. The van der Waals surface area contributed by atoms with Crippen molar-refractivity contribution in [2.75, 3.05) is 26.2 Å². The summed E-state index contributed by atoms with van der Waals surface area (Å²) in [4.78, 5) is 6.56. The maximum absolute atomic E-state index is 12.9. The fourth-order valence-electron chi connectivity index (χ4n) is 2.76. The number of benzene rings is 1. The number of piperazine rings is 1. The lowest BCUT2D eigenvalue weighted by atomic mass is 9.96. The van der Waals surface area contributed by atoms with Crippen molar-refractivity contribution < 1.29 is 12.9 Å². The highest BCUT2D eigenvalue weighted by Crippen LogP contribution is 2.28. The van der Waals surface area contributed by atoms with Crippen LogP contribution in [0.3, 0.4) is 0 Å². The first-order valence-corrected chi connectivity index (χ1v) is 10.8. The van der Waals surface area contributed by atoms with Gasteiger partial charge in [0.05, 0.1) is 11.6 Å². The number of hydrogen-bond donors (Lipinski definition) is 0. The van der Waals surface area contributed by atoms with Gasteiger partial charge in [0.25, 0.3) is 0 Å². The molecule has 1 fully saturated rings. The Balaban J connectivity index is 1.65. The van der Waals surface area contributed by atoms with Gasteiger partial charge in [-0.15, -0.1) is 0 Å². The molecule has 0 N–H and O–H groups in total. The summed E-state index contributed by atoms with van der Waals surface area (Å²) in [6.07, 6.45) is 0. The van der Waals surface area contributed by atoms with Crippen LogP contribution in [0.1, 0.15) is 32.5 Å². The van der Waals surface area contributed by atoms with Gasteiger partial charge in [-0.25, -0.2) is 8.42 Å². The fourth-order valence-corrected chi connectivity index (χ4v) is 4.92. The van der Waals surface area contributed by atoms with Crippen molar-refractivity contribution in [3.8, 4) is 0 Å². The minimum atomic E-state index is -3.69. The monoisotopic (exact) mass is 432 g/mol. The van der Waals surface area contributed by atoms with E-state index in [2.05, 4.69) is 15.0 Å². The van der Waals surface area contributed by atoms with E-state index in [1.165, 1.54) is 16.4 Å².